The van der Waals surface area contributed by atoms with Gasteiger partial charge in [-0.1, -0.05) is 84.9 Å². The Bertz CT molecular complexity index is 5960. The lowest BCUT2D eigenvalue weighted by Gasteiger charge is -2.16. The molecule has 0 saturated heterocycles. The maximum Gasteiger partial charge on any atom is 0.135 e. The summed E-state index contributed by atoms with van der Waals surface area (Å²) in [6.07, 6.45) is 11.0. The Hall–Kier alpha value is -12.3. The summed E-state index contributed by atoms with van der Waals surface area (Å²) < 4.78 is 8.72. The molecule has 0 fully saturated rings. The number of rotatable bonds is 6. The monoisotopic (exact) mass is 1160 g/mol. The first-order valence-electron chi connectivity index (χ1n) is 29.4. The van der Waals surface area contributed by atoms with E-state index >= 15 is 0 Å². The van der Waals surface area contributed by atoms with Crippen molar-refractivity contribution in [3.05, 3.63) is 279 Å². The number of nitriles is 2. The summed E-state index contributed by atoms with van der Waals surface area (Å²) in [5, 5.41) is 29.5. The van der Waals surface area contributed by atoms with Crippen molar-refractivity contribution in [2.75, 3.05) is 0 Å². The van der Waals surface area contributed by atoms with Crippen LogP contribution in [0, 0.1) is 22.7 Å². The second-order valence-electron chi connectivity index (χ2n) is 22.4. The van der Waals surface area contributed by atoms with Gasteiger partial charge in [-0.15, -0.1) is 11.3 Å². The summed E-state index contributed by atoms with van der Waals surface area (Å²) in [4.78, 5) is 28.3. The number of hydrogen-bond acceptors (Lipinski definition) is 10. The van der Waals surface area contributed by atoms with Gasteiger partial charge in [0.15, 0.2) is 0 Å². The summed E-state index contributed by atoms with van der Waals surface area (Å²) in [5.41, 5.74) is 21.5. The van der Waals surface area contributed by atoms with Crippen LogP contribution in [-0.4, -0.2) is 29.9 Å². The van der Waals surface area contributed by atoms with E-state index in [-0.39, 0.29) is 0 Å². The van der Waals surface area contributed by atoms with Gasteiger partial charge in [-0.2, -0.15) is 10.5 Å². The third-order valence-electron chi connectivity index (χ3n) is 17.2. The van der Waals surface area contributed by atoms with E-state index in [1.807, 2.05) is 127 Å². The van der Waals surface area contributed by atoms with Gasteiger partial charge in [0, 0.05) is 100 Å². The molecule has 0 amide bonds. The fourth-order valence-electron chi connectivity index (χ4n) is 12.9. The largest absolute Gasteiger partial charge is 0.456 e. The number of furan rings is 1. The number of thiophene rings is 1. The highest BCUT2D eigenvalue weighted by Gasteiger charge is 2.19. The van der Waals surface area contributed by atoms with E-state index in [1.165, 1.54) is 42.4 Å². The number of pyridine rings is 6. The maximum atomic E-state index is 9.60. The third-order valence-corrected chi connectivity index (χ3v) is 18.3. The first-order chi connectivity index (χ1) is 44.5. The van der Waals surface area contributed by atoms with Crippen molar-refractivity contribution in [2.45, 2.75) is 0 Å². The van der Waals surface area contributed by atoms with Gasteiger partial charge >= 0.3 is 0 Å². The predicted molar refractivity (Wildman–Crippen MR) is 367 cm³/mol. The van der Waals surface area contributed by atoms with Gasteiger partial charge in [0.2, 0.25) is 0 Å². The molecule has 8 aromatic heterocycles. The molecule has 0 N–H and O–H groups in total. The van der Waals surface area contributed by atoms with Crippen molar-refractivity contribution < 1.29 is 4.42 Å². The molecule has 8 heterocycles. The number of hydrogen-bond donors (Lipinski definition) is 0. The lowest BCUT2D eigenvalue weighted by Crippen LogP contribution is -1.92. The summed E-state index contributed by atoms with van der Waals surface area (Å²) in [6.45, 7) is 0. The molecule has 90 heavy (non-hydrogen) atoms. The molecule has 0 spiro atoms. The van der Waals surface area contributed by atoms with Gasteiger partial charge in [0.25, 0.3) is 0 Å². The molecule has 9 nitrogen and oxygen atoms in total. The molecular weight excluding hydrogens is 1120 g/mol. The van der Waals surface area contributed by atoms with E-state index in [0.717, 1.165) is 132 Å². The molecule has 0 saturated carbocycles. The Kier molecular flexibility index (Phi) is 12.3. The molecule has 0 atom stereocenters. The van der Waals surface area contributed by atoms with Crippen LogP contribution in [0.3, 0.4) is 0 Å². The fraction of sp³-hybridized carbons (Fsp3) is 0. The Morgan fingerprint density at radius 1 is 0.267 bits per heavy atom. The molecule has 10 aromatic carbocycles. The Balaban J connectivity index is 0.000000141. The maximum absolute atomic E-state index is 9.60. The van der Waals surface area contributed by atoms with Crippen molar-refractivity contribution in [1.29, 1.82) is 10.5 Å². The predicted octanol–water partition coefficient (Wildman–Crippen LogP) is 20.7. The molecule has 0 unspecified atom stereocenters. The fourth-order valence-corrected chi connectivity index (χ4v) is 14.0. The molecular formula is C80H44N8OS. The van der Waals surface area contributed by atoms with E-state index in [4.69, 9.17) is 34.6 Å². The van der Waals surface area contributed by atoms with Crippen LogP contribution in [0.2, 0.25) is 0 Å². The van der Waals surface area contributed by atoms with Crippen LogP contribution in [0.5, 0.6) is 0 Å². The van der Waals surface area contributed by atoms with Crippen LogP contribution in [0.15, 0.2) is 272 Å². The summed E-state index contributed by atoms with van der Waals surface area (Å²) >= 11 is 1.83. The molecule has 0 radical (unpaired) electrons. The van der Waals surface area contributed by atoms with Gasteiger partial charge < -0.3 is 4.42 Å². The quantitative estimate of drug-likeness (QED) is 0.149. The first-order valence-corrected chi connectivity index (χ1v) is 30.3. The van der Waals surface area contributed by atoms with Crippen LogP contribution in [0.4, 0.5) is 0 Å². The zero-order chi connectivity index (χ0) is 59.8. The first kappa shape index (κ1) is 52.0. The molecule has 0 aliphatic carbocycles. The second kappa shape index (κ2) is 21.3. The molecule has 18 aromatic rings. The molecule has 0 aliphatic heterocycles. The highest BCUT2D eigenvalue weighted by molar-refractivity contribution is 7.25. The van der Waals surface area contributed by atoms with Crippen LogP contribution < -0.4 is 0 Å². The number of fused-ring (bicyclic) bond motifs is 15. The molecule has 0 bridgehead atoms. The minimum absolute atomic E-state index is 0.599. The molecule has 10 heteroatoms. The second-order valence-corrected chi connectivity index (χ2v) is 23.5. The number of aromatic nitrogens is 6. The topological polar surface area (TPSA) is 138 Å². The number of nitrogens with zero attached hydrogens (tertiary/aromatic N) is 8. The molecule has 416 valence electrons. The average Bonchev–Trinajstić information content (AvgIpc) is 1.96. The third kappa shape index (κ3) is 8.90. The SMILES string of the molecule is N#Cc1ccc(-c2cccc(-c3ccc4sc5ccc(-c6cc7cccnc7c7ncccc67)cc5c4c3)c2)cc1.N#Cc1ccc2oc3ccc(-c4cc(-c5cc6cccnc6c6ncccc56)cc(-c5cc6cccnc6c6ncccc56)c4)cc3c2c1. The van der Waals surface area contributed by atoms with Crippen molar-refractivity contribution in [1.82, 2.24) is 29.9 Å². The summed E-state index contributed by atoms with van der Waals surface area (Å²) in [6, 6.07) is 84.2. The Morgan fingerprint density at radius 2 is 0.644 bits per heavy atom. The van der Waals surface area contributed by atoms with Crippen LogP contribution in [0.25, 0.3) is 174 Å². The highest BCUT2D eigenvalue weighted by atomic mass is 32.1. The van der Waals surface area contributed by atoms with Gasteiger partial charge in [0.1, 0.15) is 11.2 Å². The van der Waals surface area contributed by atoms with Crippen molar-refractivity contribution in [2.24, 2.45) is 0 Å². The minimum atomic E-state index is 0.599. The van der Waals surface area contributed by atoms with E-state index < -0.39 is 0 Å². The van der Waals surface area contributed by atoms with Crippen LogP contribution in [-0.2, 0) is 0 Å². The Labute approximate surface area is 518 Å². The van der Waals surface area contributed by atoms with E-state index in [1.54, 1.807) is 6.07 Å². The van der Waals surface area contributed by atoms with Gasteiger partial charge in [-0.05, 0) is 212 Å². The van der Waals surface area contributed by atoms with Crippen LogP contribution >= 0.6 is 11.3 Å². The standard InChI is InChI=1S/C43H23N5O.C37H21N3S/c44-24-25-9-11-38-36(17-25)37-21-26(10-12-39(37)49-38)29-18-30(34-22-27-5-1-13-45-40(27)42-32(34)7-3-15-47-42)20-31(19-29)35-23-28-6-2-14-46-41(28)43-33(35)8-4-16-48-43;38-22-23-8-10-24(11-9-23)25-4-1-5-26(18-25)27-12-14-34-32(19-27)33-20-28(13-15-35(33)41-34)31-21-29-6-2-16-39-36(29)37-30(31)7-3-17-40-37/h1-23H;1-21H. The molecule has 0 aliphatic rings. The van der Waals surface area contributed by atoms with Gasteiger partial charge in [0.05, 0.1) is 56.4 Å². The zero-order valence-corrected chi connectivity index (χ0v) is 48.6. The summed E-state index contributed by atoms with van der Waals surface area (Å²) in [7, 11) is 0. The van der Waals surface area contributed by atoms with Crippen molar-refractivity contribution >= 4 is 119 Å². The molecule has 18 rings (SSSR count). The van der Waals surface area contributed by atoms with E-state index in [0.29, 0.717) is 11.1 Å². The Morgan fingerprint density at radius 3 is 1.19 bits per heavy atom. The van der Waals surface area contributed by atoms with Crippen molar-refractivity contribution in [3.8, 4) is 78.9 Å². The average molecular weight is 1170 g/mol. The zero-order valence-electron chi connectivity index (χ0n) is 47.8. The number of benzene rings is 10. The summed E-state index contributed by atoms with van der Waals surface area (Å²) in [5.74, 6) is 0. The van der Waals surface area contributed by atoms with Gasteiger partial charge in [-0.3, -0.25) is 29.9 Å². The normalized spacial score (nSPS) is 11.5. The van der Waals surface area contributed by atoms with Crippen molar-refractivity contribution in [3.63, 3.8) is 0 Å². The highest BCUT2D eigenvalue weighted by Crippen LogP contribution is 2.44. The minimum Gasteiger partial charge on any atom is -0.456 e. The lowest BCUT2D eigenvalue weighted by molar-refractivity contribution is 0.669. The van der Waals surface area contributed by atoms with E-state index in [2.05, 4.69) is 163 Å². The van der Waals surface area contributed by atoms with Crippen LogP contribution in [0.1, 0.15) is 11.1 Å². The smallest absolute Gasteiger partial charge is 0.135 e. The lowest BCUT2D eigenvalue weighted by atomic mass is 9.89. The van der Waals surface area contributed by atoms with Gasteiger partial charge in [-0.25, -0.2) is 0 Å². The van der Waals surface area contributed by atoms with E-state index in [9.17, 15) is 5.26 Å².